The molecule has 0 aliphatic rings. The quantitative estimate of drug-likeness (QED) is 0.654. The van der Waals surface area contributed by atoms with E-state index in [1.54, 1.807) is 19.2 Å². The van der Waals surface area contributed by atoms with E-state index in [-0.39, 0.29) is 17.5 Å². The number of anilines is 1. The van der Waals surface area contributed by atoms with Gasteiger partial charge in [0.1, 0.15) is 5.75 Å². The van der Waals surface area contributed by atoms with Crippen LogP contribution >= 0.6 is 0 Å². The first-order valence-corrected chi connectivity index (χ1v) is 8.23. The van der Waals surface area contributed by atoms with Crippen LogP contribution in [0, 0.1) is 5.21 Å². The highest BCUT2D eigenvalue weighted by Crippen LogP contribution is 2.33. The average Bonchev–Trinajstić information content (AvgIpc) is 2.68. The predicted octanol–water partition coefficient (Wildman–Crippen LogP) is 4.14. The van der Waals surface area contributed by atoms with E-state index in [2.05, 4.69) is 0 Å². The maximum Gasteiger partial charge on any atom is 0.126 e. The molecular weight excluding hydrogens is 330 g/mol. The van der Waals surface area contributed by atoms with Crippen molar-refractivity contribution in [2.75, 3.05) is 12.3 Å². The second-order valence-electron chi connectivity index (χ2n) is 5.96. The Morgan fingerprint density at radius 1 is 0.962 bits per heavy atom. The lowest BCUT2D eigenvalue weighted by atomic mass is 9.96. The number of ether oxygens (including phenoxy) is 1. The Hall–Kier alpha value is -2.86. The lowest BCUT2D eigenvalue weighted by Crippen LogP contribution is -2.06. The molecule has 2 N–H and O–H groups in total. The van der Waals surface area contributed by atoms with Crippen molar-refractivity contribution in [3.8, 4) is 16.9 Å². The molecule has 0 fully saturated rings. The maximum atomic E-state index is 11.2. The minimum atomic E-state index is -0.155. The summed E-state index contributed by atoms with van der Waals surface area (Å²) in [5, 5.41) is 29.7. The monoisotopic (exact) mass is 350 g/mol. The van der Waals surface area contributed by atoms with Crippen molar-refractivity contribution in [2.45, 2.75) is 13.0 Å². The van der Waals surface area contributed by atoms with Gasteiger partial charge in [0.2, 0.25) is 0 Å². The van der Waals surface area contributed by atoms with Crippen LogP contribution < -0.4 is 9.96 Å². The summed E-state index contributed by atoms with van der Waals surface area (Å²) in [6, 6.07) is 20.3. The molecule has 3 aromatic rings. The lowest BCUT2D eigenvalue weighted by Gasteiger charge is -2.22. The molecule has 0 radical (unpaired) electrons. The molecule has 0 saturated carbocycles. The van der Waals surface area contributed by atoms with E-state index in [1.807, 2.05) is 48.5 Å². The first kappa shape index (κ1) is 17.9. The SMILES string of the molecule is COc1ccc(Cc2ccccc2CO)cc1-c1cccc(N([O-])O)c1. The van der Waals surface area contributed by atoms with Crippen molar-refractivity contribution in [1.29, 1.82) is 0 Å². The molecular formula is C21H20NO4-. The van der Waals surface area contributed by atoms with E-state index in [4.69, 9.17) is 9.94 Å². The summed E-state index contributed by atoms with van der Waals surface area (Å²) in [5.41, 5.74) is 4.76. The topological polar surface area (TPSA) is 76.0 Å². The number of nitrogens with zero attached hydrogens (tertiary/aromatic N) is 1. The highest BCUT2D eigenvalue weighted by atomic mass is 16.8. The molecule has 0 aliphatic heterocycles. The molecule has 134 valence electrons. The Labute approximate surface area is 152 Å². The zero-order valence-corrected chi connectivity index (χ0v) is 14.4. The van der Waals surface area contributed by atoms with E-state index >= 15 is 0 Å². The fourth-order valence-corrected chi connectivity index (χ4v) is 2.99. The minimum Gasteiger partial charge on any atom is -0.733 e. The average molecular weight is 350 g/mol. The molecule has 0 aliphatic carbocycles. The van der Waals surface area contributed by atoms with Gasteiger partial charge in [0.15, 0.2) is 0 Å². The Bertz CT molecular complexity index is 893. The first-order valence-electron chi connectivity index (χ1n) is 8.23. The number of hydrogen-bond donors (Lipinski definition) is 2. The molecule has 3 rings (SSSR count). The van der Waals surface area contributed by atoms with Crippen molar-refractivity contribution >= 4 is 5.69 Å². The molecule has 0 unspecified atom stereocenters. The van der Waals surface area contributed by atoms with Crippen LogP contribution in [0.5, 0.6) is 5.75 Å². The zero-order chi connectivity index (χ0) is 18.5. The molecule has 0 atom stereocenters. The van der Waals surface area contributed by atoms with Crippen LogP contribution in [0.15, 0.2) is 66.7 Å². The Morgan fingerprint density at radius 2 is 1.73 bits per heavy atom. The molecule has 5 nitrogen and oxygen atoms in total. The number of aliphatic hydroxyl groups is 1. The Morgan fingerprint density at radius 3 is 2.42 bits per heavy atom. The van der Waals surface area contributed by atoms with E-state index in [1.165, 1.54) is 6.07 Å². The largest absolute Gasteiger partial charge is 0.733 e. The number of hydrogen-bond acceptors (Lipinski definition) is 5. The number of rotatable bonds is 6. The lowest BCUT2D eigenvalue weighted by molar-refractivity contribution is 0.281. The maximum absolute atomic E-state index is 11.2. The fraction of sp³-hybridized carbons (Fsp3) is 0.143. The highest BCUT2D eigenvalue weighted by molar-refractivity contribution is 5.74. The van der Waals surface area contributed by atoms with Crippen molar-refractivity contribution in [3.05, 3.63) is 88.6 Å². The number of methoxy groups -OCH3 is 1. The van der Waals surface area contributed by atoms with Gasteiger partial charge in [-0.1, -0.05) is 42.5 Å². The third-order valence-electron chi connectivity index (χ3n) is 4.33. The molecule has 0 bridgehead atoms. The predicted molar refractivity (Wildman–Crippen MR) is 101 cm³/mol. The first-order chi connectivity index (χ1) is 12.6. The standard InChI is InChI=1S/C21H20NO4/c1-26-21-10-9-15(11-16-5-2-3-6-18(16)14-23)12-20(21)17-7-4-8-19(13-17)22(24)25/h2-10,12-13,23-24H,11,14H2,1H3/q-1. The summed E-state index contributed by atoms with van der Waals surface area (Å²) in [6.07, 6.45) is 0.668. The second-order valence-corrected chi connectivity index (χ2v) is 5.96. The van der Waals surface area contributed by atoms with Crippen LogP contribution in [0.2, 0.25) is 0 Å². The molecule has 26 heavy (non-hydrogen) atoms. The normalized spacial score (nSPS) is 10.6. The van der Waals surface area contributed by atoms with Crippen LogP contribution in [0.25, 0.3) is 11.1 Å². The van der Waals surface area contributed by atoms with Crippen molar-refractivity contribution < 1.29 is 15.1 Å². The van der Waals surface area contributed by atoms with E-state index in [9.17, 15) is 10.3 Å². The summed E-state index contributed by atoms with van der Waals surface area (Å²) >= 11 is 0. The Balaban J connectivity index is 2.00. The Kier molecular flexibility index (Phi) is 5.53. The molecule has 0 heterocycles. The summed E-state index contributed by atoms with van der Waals surface area (Å²) < 4.78 is 5.46. The second kappa shape index (κ2) is 8.01. The van der Waals surface area contributed by atoms with E-state index in [0.29, 0.717) is 12.2 Å². The van der Waals surface area contributed by atoms with Crippen molar-refractivity contribution in [2.24, 2.45) is 0 Å². The van der Waals surface area contributed by atoms with Gasteiger partial charge < -0.3 is 20.3 Å². The highest BCUT2D eigenvalue weighted by Gasteiger charge is 2.10. The van der Waals surface area contributed by atoms with Crippen LogP contribution in [-0.4, -0.2) is 17.4 Å². The van der Waals surface area contributed by atoms with Gasteiger partial charge in [0.25, 0.3) is 0 Å². The van der Waals surface area contributed by atoms with Crippen LogP contribution in [0.3, 0.4) is 0 Å². The third kappa shape index (κ3) is 3.86. The molecule has 0 amide bonds. The third-order valence-corrected chi connectivity index (χ3v) is 4.33. The van der Waals surface area contributed by atoms with Gasteiger partial charge in [0.05, 0.1) is 19.4 Å². The van der Waals surface area contributed by atoms with Crippen molar-refractivity contribution in [3.63, 3.8) is 0 Å². The van der Waals surface area contributed by atoms with Crippen LogP contribution in [0.1, 0.15) is 16.7 Å². The number of benzene rings is 3. The molecule has 3 aromatic carbocycles. The van der Waals surface area contributed by atoms with Gasteiger partial charge in [-0.15, -0.1) is 0 Å². The molecule has 5 heteroatoms. The van der Waals surface area contributed by atoms with Gasteiger partial charge in [-0.25, -0.2) is 0 Å². The van der Waals surface area contributed by atoms with Gasteiger partial charge >= 0.3 is 0 Å². The molecule has 0 saturated heterocycles. The van der Waals surface area contributed by atoms with Crippen molar-refractivity contribution in [1.82, 2.24) is 0 Å². The van der Waals surface area contributed by atoms with Gasteiger partial charge in [-0.3, -0.25) is 5.21 Å². The minimum absolute atomic E-state index is 0.00291. The smallest absolute Gasteiger partial charge is 0.126 e. The summed E-state index contributed by atoms with van der Waals surface area (Å²) in [7, 11) is 1.59. The summed E-state index contributed by atoms with van der Waals surface area (Å²) in [6.45, 7) is -0.00291. The van der Waals surface area contributed by atoms with Crippen LogP contribution in [-0.2, 0) is 13.0 Å². The van der Waals surface area contributed by atoms with Crippen LogP contribution in [0.4, 0.5) is 5.69 Å². The summed E-state index contributed by atoms with van der Waals surface area (Å²) in [4.78, 5) is 0. The van der Waals surface area contributed by atoms with Gasteiger partial charge in [-0.2, -0.15) is 0 Å². The molecule has 0 spiro atoms. The zero-order valence-electron chi connectivity index (χ0n) is 14.4. The molecule has 0 aromatic heterocycles. The van der Waals surface area contributed by atoms with E-state index < -0.39 is 0 Å². The van der Waals surface area contributed by atoms with Gasteiger partial charge in [0, 0.05) is 5.56 Å². The summed E-state index contributed by atoms with van der Waals surface area (Å²) in [5.74, 6) is 0.678. The number of aliphatic hydroxyl groups excluding tert-OH is 1. The van der Waals surface area contributed by atoms with Gasteiger partial charge in [-0.05, 0) is 52.9 Å². The van der Waals surface area contributed by atoms with E-state index in [0.717, 1.165) is 27.8 Å². The fourth-order valence-electron chi connectivity index (χ4n) is 2.99.